The first-order chi connectivity index (χ1) is 12.7. The quantitative estimate of drug-likeness (QED) is 0.670. The molecule has 27 heavy (non-hydrogen) atoms. The third-order valence-electron chi connectivity index (χ3n) is 4.82. The van der Waals surface area contributed by atoms with Crippen molar-refractivity contribution in [3.63, 3.8) is 0 Å². The van der Waals surface area contributed by atoms with Crippen LogP contribution in [-0.2, 0) is 13.9 Å². The summed E-state index contributed by atoms with van der Waals surface area (Å²) in [5.41, 5.74) is 3.17. The van der Waals surface area contributed by atoms with E-state index in [2.05, 4.69) is 4.52 Å². The molecule has 0 heterocycles. The summed E-state index contributed by atoms with van der Waals surface area (Å²) in [5.74, 6) is -0.323. The fourth-order valence-corrected chi connectivity index (χ4v) is 4.12. The van der Waals surface area contributed by atoms with Crippen LogP contribution < -0.4 is 4.89 Å². The number of hydrogen-bond donors (Lipinski definition) is 0. The van der Waals surface area contributed by atoms with Crippen LogP contribution in [0.25, 0.3) is 0 Å². The maximum atomic E-state index is 12.4. The maximum absolute atomic E-state index is 12.4. The second kappa shape index (κ2) is 7.94. The Morgan fingerprint density at radius 3 is 2.52 bits per heavy atom. The monoisotopic (exact) mass is 426 g/mol. The number of likely N-dealkylation sites (N-methyl/N-ethyl adjacent to an activating group) is 1. The van der Waals surface area contributed by atoms with Crippen LogP contribution >= 0.6 is 30.8 Å². The van der Waals surface area contributed by atoms with E-state index in [9.17, 15) is 14.3 Å². The Morgan fingerprint density at radius 1 is 1.22 bits per heavy atom. The van der Waals surface area contributed by atoms with E-state index in [1.165, 1.54) is 0 Å². The van der Waals surface area contributed by atoms with Crippen LogP contribution in [-0.4, -0.2) is 31.1 Å². The van der Waals surface area contributed by atoms with Crippen LogP contribution in [0.3, 0.4) is 0 Å². The number of halogens is 2. The van der Waals surface area contributed by atoms with Crippen molar-refractivity contribution in [1.82, 2.24) is 4.90 Å². The topological polar surface area (TPSA) is 69.7 Å². The van der Waals surface area contributed by atoms with Crippen molar-refractivity contribution in [2.75, 3.05) is 20.3 Å². The molecule has 1 amide bonds. The fraction of sp³-hybridized carbons (Fsp3) is 0.316. The van der Waals surface area contributed by atoms with Crippen LogP contribution in [0.4, 0.5) is 0 Å². The summed E-state index contributed by atoms with van der Waals surface area (Å²) in [7, 11) is -2.29. The average molecular weight is 427 g/mol. The Bertz CT molecular complexity index is 914. The Hall–Kier alpha value is -1.36. The van der Waals surface area contributed by atoms with Crippen LogP contribution in [0.5, 0.6) is 0 Å². The molecule has 0 fully saturated rings. The first-order valence-corrected chi connectivity index (χ1v) is 11.1. The van der Waals surface area contributed by atoms with Gasteiger partial charge in [-0.05, 0) is 35.2 Å². The lowest BCUT2D eigenvalue weighted by molar-refractivity contribution is -0.197. The van der Waals surface area contributed by atoms with Crippen LogP contribution in [0, 0.1) is 0 Å². The van der Waals surface area contributed by atoms with Gasteiger partial charge in [0.1, 0.15) is 14.2 Å². The van der Waals surface area contributed by atoms with Gasteiger partial charge in [-0.3, -0.25) is 4.79 Å². The molecule has 1 aliphatic rings. The largest absolute Gasteiger partial charge is 0.779 e. The highest BCUT2D eigenvalue weighted by Gasteiger charge is 2.35. The SMILES string of the molecule is CN(C(=O)COP(C)(=O)[O-])[C@@H]1C[C@@H](c2ccc(Cl)c(Cl)c2)c2ccccc21. The van der Waals surface area contributed by atoms with Gasteiger partial charge in [-0.1, -0.05) is 53.5 Å². The van der Waals surface area contributed by atoms with E-state index in [1.807, 2.05) is 36.4 Å². The molecule has 0 aromatic heterocycles. The number of carbonyl (C=O) groups is 1. The molecular formula is C19H19Cl2NO4P-. The third kappa shape index (κ3) is 4.56. The smallest absolute Gasteiger partial charge is 0.249 e. The van der Waals surface area contributed by atoms with Crippen LogP contribution in [0.2, 0.25) is 10.0 Å². The van der Waals surface area contributed by atoms with Gasteiger partial charge in [-0.25, -0.2) is 0 Å². The van der Waals surface area contributed by atoms with E-state index in [4.69, 9.17) is 23.2 Å². The number of benzene rings is 2. The number of fused-ring (bicyclic) bond motifs is 1. The summed E-state index contributed by atoms with van der Waals surface area (Å²) < 4.78 is 15.9. The molecule has 0 saturated heterocycles. The molecule has 0 bridgehead atoms. The molecule has 2 aromatic carbocycles. The lowest BCUT2D eigenvalue weighted by Crippen LogP contribution is -2.33. The van der Waals surface area contributed by atoms with Crippen molar-refractivity contribution in [3.8, 4) is 0 Å². The zero-order valence-corrected chi connectivity index (χ0v) is 17.3. The molecular weight excluding hydrogens is 408 g/mol. The number of hydrogen-bond acceptors (Lipinski definition) is 4. The minimum Gasteiger partial charge on any atom is -0.779 e. The number of amides is 1. The summed E-state index contributed by atoms with van der Waals surface area (Å²) in [5, 5.41) is 0.983. The molecule has 3 rings (SSSR count). The van der Waals surface area contributed by atoms with Gasteiger partial charge >= 0.3 is 0 Å². The molecule has 3 atom stereocenters. The van der Waals surface area contributed by atoms with E-state index in [-0.39, 0.29) is 17.9 Å². The van der Waals surface area contributed by atoms with E-state index in [0.717, 1.165) is 23.4 Å². The minimum absolute atomic E-state index is 0.0638. The summed E-state index contributed by atoms with van der Waals surface area (Å²) in [6, 6.07) is 13.3. The highest BCUT2D eigenvalue weighted by Crippen LogP contribution is 2.47. The van der Waals surface area contributed by atoms with Crippen LogP contribution in [0.1, 0.15) is 35.1 Å². The molecule has 144 valence electrons. The van der Waals surface area contributed by atoms with Gasteiger partial charge in [0.2, 0.25) is 5.91 Å². The lowest BCUT2D eigenvalue weighted by atomic mass is 9.93. The van der Waals surface area contributed by atoms with Crippen molar-refractivity contribution in [2.45, 2.75) is 18.4 Å². The minimum atomic E-state index is -3.95. The highest BCUT2D eigenvalue weighted by molar-refractivity contribution is 7.50. The van der Waals surface area contributed by atoms with Crippen molar-refractivity contribution >= 4 is 36.7 Å². The molecule has 0 saturated carbocycles. The number of carbonyl (C=O) groups excluding carboxylic acids is 1. The van der Waals surface area contributed by atoms with Gasteiger partial charge in [0.25, 0.3) is 0 Å². The van der Waals surface area contributed by atoms with Crippen molar-refractivity contribution < 1.29 is 18.8 Å². The molecule has 8 heteroatoms. The van der Waals surface area contributed by atoms with Crippen LogP contribution in [0.15, 0.2) is 42.5 Å². The standard InChI is InChI=1S/C19H20Cl2NO4P/c1-22(19(23)11-26-27(2,24)25)18-10-15(13-5-3-4-6-14(13)18)12-7-8-16(20)17(21)9-12/h3-9,15,18H,10-11H2,1-2H3,(H,24,25)/p-1/t15-,18+/m0/s1. The van der Waals surface area contributed by atoms with Crippen molar-refractivity contribution in [3.05, 3.63) is 69.2 Å². The van der Waals surface area contributed by atoms with Gasteiger partial charge in [-0.15, -0.1) is 0 Å². The van der Waals surface area contributed by atoms with Gasteiger partial charge in [0.05, 0.1) is 16.1 Å². The second-order valence-electron chi connectivity index (χ2n) is 6.66. The average Bonchev–Trinajstić information content (AvgIpc) is 3.00. The number of nitrogens with zero attached hydrogens (tertiary/aromatic N) is 1. The van der Waals surface area contributed by atoms with E-state index >= 15 is 0 Å². The van der Waals surface area contributed by atoms with E-state index < -0.39 is 14.2 Å². The number of rotatable bonds is 5. The first kappa shape index (κ1) is 20.4. The normalized spacial score (nSPS) is 20.8. The molecule has 5 nitrogen and oxygen atoms in total. The van der Waals surface area contributed by atoms with Gasteiger partial charge < -0.3 is 18.9 Å². The summed E-state index contributed by atoms with van der Waals surface area (Å²) in [6.07, 6.45) is 0.667. The Morgan fingerprint density at radius 2 is 1.89 bits per heavy atom. The fourth-order valence-electron chi connectivity index (χ4n) is 3.47. The second-order valence-corrected chi connectivity index (χ2v) is 9.27. The summed E-state index contributed by atoms with van der Waals surface area (Å²) in [6.45, 7) is 0.454. The summed E-state index contributed by atoms with van der Waals surface area (Å²) >= 11 is 12.2. The van der Waals surface area contributed by atoms with Gasteiger partial charge in [0, 0.05) is 19.6 Å². The van der Waals surface area contributed by atoms with Crippen molar-refractivity contribution in [1.29, 1.82) is 0 Å². The molecule has 1 aliphatic carbocycles. The maximum Gasteiger partial charge on any atom is 0.249 e. The summed E-state index contributed by atoms with van der Waals surface area (Å²) in [4.78, 5) is 25.2. The highest BCUT2D eigenvalue weighted by atomic mass is 35.5. The lowest BCUT2D eigenvalue weighted by Gasteiger charge is -2.27. The van der Waals surface area contributed by atoms with E-state index in [1.54, 1.807) is 18.0 Å². The predicted octanol–water partition coefficient (Wildman–Crippen LogP) is 4.23. The van der Waals surface area contributed by atoms with Crippen molar-refractivity contribution in [2.24, 2.45) is 0 Å². The molecule has 0 radical (unpaired) electrons. The Kier molecular flexibility index (Phi) is 5.99. The molecule has 2 aromatic rings. The molecule has 1 unspecified atom stereocenters. The van der Waals surface area contributed by atoms with Gasteiger partial charge in [0.15, 0.2) is 0 Å². The van der Waals surface area contributed by atoms with E-state index in [0.29, 0.717) is 16.5 Å². The van der Waals surface area contributed by atoms with Gasteiger partial charge in [-0.2, -0.15) is 0 Å². The zero-order valence-electron chi connectivity index (χ0n) is 14.9. The molecule has 0 spiro atoms. The zero-order chi connectivity index (χ0) is 19.8. The Balaban J connectivity index is 1.87. The Labute approximate surface area is 168 Å². The molecule has 0 aliphatic heterocycles. The molecule has 0 N–H and O–H groups in total. The first-order valence-electron chi connectivity index (χ1n) is 8.40. The third-order valence-corrected chi connectivity index (χ3v) is 6.16. The predicted molar refractivity (Wildman–Crippen MR) is 104 cm³/mol.